The fourth-order valence-corrected chi connectivity index (χ4v) is 1.32. The average molecular weight is 216 g/mol. The van der Waals surface area contributed by atoms with Crippen LogP contribution in [0.5, 0.6) is 0 Å². The molecule has 1 N–H and O–H groups in total. The van der Waals surface area contributed by atoms with E-state index in [1.807, 2.05) is 0 Å². The third-order valence-corrected chi connectivity index (χ3v) is 2.08. The number of hydrogen-bond donors (Lipinski definition) is 1. The van der Waals surface area contributed by atoms with Crippen molar-refractivity contribution >= 4 is 11.9 Å². The zero-order chi connectivity index (χ0) is 11.8. The van der Waals surface area contributed by atoms with Crippen LogP contribution in [0.4, 0.5) is 0 Å². The first-order valence-electron chi connectivity index (χ1n) is 5.33. The minimum Gasteiger partial charge on any atom is -0.479 e. The Morgan fingerprint density at radius 2 is 1.73 bits per heavy atom. The van der Waals surface area contributed by atoms with E-state index in [2.05, 4.69) is 18.6 Å². The number of carboxylic acid groups (broad SMARTS) is 1. The first-order valence-corrected chi connectivity index (χ1v) is 5.33. The van der Waals surface area contributed by atoms with Gasteiger partial charge in [0.2, 0.25) is 0 Å². The minimum absolute atomic E-state index is 0.404. The number of carbonyl (C=O) groups is 2. The molecule has 0 bridgehead atoms. The van der Waals surface area contributed by atoms with Crippen LogP contribution in [0.3, 0.4) is 0 Å². The van der Waals surface area contributed by atoms with Crippen molar-refractivity contribution in [3.05, 3.63) is 0 Å². The molecule has 1 unspecified atom stereocenters. The molecule has 0 aromatic heterocycles. The van der Waals surface area contributed by atoms with Crippen LogP contribution >= 0.6 is 0 Å². The Balaban J connectivity index is 3.77. The van der Waals surface area contributed by atoms with Crippen molar-refractivity contribution in [2.24, 2.45) is 5.92 Å². The van der Waals surface area contributed by atoms with Crippen molar-refractivity contribution < 1.29 is 19.4 Å². The number of hydrogen-bond acceptors (Lipinski definition) is 3. The fourth-order valence-electron chi connectivity index (χ4n) is 1.32. The standard InChI is InChI=1S/C11H20O4/c1-8(2)6-4-5-7-10(11(13)14)15-9(3)12/h8,10H,4-7H2,1-3H3,(H,13,14). The van der Waals surface area contributed by atoms with E-state index < -0.39 is 18.0 Å². The Hall–Kier alpha value is -1.06. The Labute approximate surface area is 90.6 Å². The van der Waals surface area contributed by atoms with E-state index in [-0.39, 0.29) is 0 Å². The van der Waals surface area contributed by atoms with Gasteiger partial charge in [-0.1, -0.05) is 26.7 Å². The van der Waals surface area contributed by atoms with Gasteiger partial charge >= 0.3 is 11.9 Å². The molecular weight excluding hydrogens is 196 g/mol. The molecule has 0 aliphatic heterocycles. The third kappa shape index (κ3) is 7.97. The molecule has 88 valence electrons. The molecule has 0 aliphatic carbocycles. The molecule has 0 radical (unpaired) electrons. The number of carbonyl (C=O) groups excluding carboxylic acids is 1. The summed E-state index contributed by atoms with van der Waals surface area (Å²) in [4.78, 5) is 21.3. The molecule has 4 heteroatoms. The van der Waals surface area contributed by atoms with Crippen LogP contribution in [-0.4, -0.2) is 23.1 Å². The molecule has 1 atom stereocenters. The van der Waals surface area contributed by atoms with Gasteiger partial charge in [0.25, 0.3) is 0 Å². The van der Waals surface area contributed by atoms with E-state index in [9.17, 15) is 9.59 Å². The number of ether oxygens (including phenoxy) is 1. The van der Waals surface area contributed by atoms with E-state index >= 15 is 0 Å². The Bertz CT molecular complexity index is 211. The monoisotopic (exact) mass is 216 g/mol. The lowest BCUT2D eigenvalue weighted by molar-refractivity contribution is -0.163. The second kappa shape index (κ2) is 7.26. The van der Waals surface area contributed by atoms with Crippen molar-refractivity contribution in [3.63, 3.8) is 0 Å². The maximum Gasteiger partial charge on any atom is 0.345 e. The Kier molecular flexibility index (Phi) is 6.75. The second-order valence-corrected chi connectivity index (χ2v) is 4.11. The zero-order valence-electron chi connectivity index (χ0n) is 9.66. The van der Waals surface area contributed by atoms with Crippen molar-refractivity contribution in [2.75, 3.05) is 0 Å². The first-order chi connectivity index (χ1) is 6.93. The fraction of sp³-hybridized carbons (Fsp3) is 0.818. The van der Waals surface area contributed by atoms with Crippen molar-refractivity contribution in [3.8, 4) is 0 Å². The summed E-state index contributed by atoms with van der Waals surface area (Å²) in [6, 6.07) is 0. The molecule has 0 amide bonds. The summed E-state index contributed by atoms with van der Waals surface area (Å²) in [5.74, 6) is -0.969. The number of rotatable bonds is 7. The van der Waals surface area contributed by atoms with Crippen molar-refractivity contribution in [1.29, 1.82) is 0 Å². The predicted molar refractivity (Wildman–Crippen MR) is 56.5 cm³/mol. The van der Waals surface area contributed by atoms with Gasteiger partial charge in [-0.3, -0.25) is 4.79 Å². The maximum absolute atomic E-state index is 10.7. The quantitative estimate of drug-likeness (QED) is 0.523. The van der Waals surface area contributed by atoms with Crippen LogP contribution in [0.25, 0.3) is 0 Å². The predicted octanol–water partition coefficient (Wildman–Crippen LogP) is 2.22. The number of esters is 1. The Morgan fingerprint density at radius 3 is 2.13 bits per heavy atom. The molecule has 0 saturated heterocycles. The topological polar surface area (TPSA) is 63.6 Å². The molecule has 0 rings (SSSR count). The van der Waals surface area contributed by atoms with Crippen LogP contribution in [0, 0.1) is 5.92 Å². The van der Waals surface area contributed by atoms with E-state index in [1.54, 1.807) is 0 Å². The molecule has 0 aliphatic rings. The average Bonchev–Trinajstić information content (AvgIpc) is 2.08. The summed E-state index contributed by atoms with van der Waals surface area (Å²) in [5.41, 5.74) is 0. The third-order valence-electron chi connectivity index (χ3n) is 2.08. The number of carboxylic acids is 1. The van der Waals surface area contributed by atoms with E-state index in [0.717, 1.165) is 19.3 Å². The van der Waals surface area contributed by atoms with Crippen LogP contribution in [0.15, 0.2) is 0 Å². The summed E-state index contributed by atoms with van der Waals surface area (Å²) in [5, 5.41) is 8.75. The minimum atomic E-state index is -1.06. The van der Waals surface area contributed by atoms with Crippen molar-refractivity contribution in [1.82, 2.24) is 0 Å². The molecule has 15 heavy (non-hydrogen) atoms. The highest BCUT2D eigenvalue weighted by Crippen LogP contribution is 2.11. The molecule has 4 nitrogen and oxygen atoms in total. The molecule has 0 heterocycles. The van der Waals surface area contributed by atoms with Crippen LogP contribution in [0.1, 0.15) is 46.5 Å². The molecule has 0 aromatic rings. The van der Waals surface area contributed by atoms with E-state index in [4.69, 9.17) is 5.11 Å². The van der Waals surface area contributed by atoms with Gasteiger partial charge in [-0.15, -0.1) is 0 Å². The molecule has 0 spiro atoms. The smallest absolute Gasteiger partial charge is 0.345 e. The van der Waals surface area contributed by atoms with Crippen LogP contribution in [-0.2, 0) is 14.3 Å². The highest BCUT2D eigenvalue weighted by atomic mass is 16.6. The van der Waals surface area contributed by atoms with Gasteiger partial charge in [-0.2, -0.15) is 0 Å². The second-order valence-electron chi connectivity index (χ2n) is 4.11. The van der Waals surface area contributed by atoms with Gasteiger partial charge in [0.1, 0.15) is 0 Å². The maximum atomic E-state index is 10.7. The highest BCUT2D eigenvalue weighted by molar-refractivity contribution is 5.76. The number of unbranched alkanes of at least 4 members (excludes halogenated alkanes) is 1. The van der Waals surface area contributed by atoms with Gasteiger partial charge in [-0.25, -0.2) is 4.79 Å². The van der Waals surface area contributed by atoms with Gasteiger partial charge in [0, 0.05) is 6.92 Å². The number of aliphatic carboxylic acids is 1. The lowest BCUT2D eigenvalue weighted by Crippen LogP contribution is -2.25. The normalized spacial score (nSPS) is 12.5. The highest BCUT2D eigenvalue weighted by Gasteiger charge is 2.19. The van der Waals surface area contributed by atoms with Crippen molar-refractivity contribution in [2.45, 2.75) is 52.6 Å². The van der Waals surface area contributed by atoms with Gasteiger partial charge in [-0.05, 0) is 18.8 Å². The summed E-state index contributed by atoms with van der Waals surface area (Å²) in [6.07, 6.45) is 2.26. The molecule has 0 fully saturated rings. The van der Waals surface area contributed by atoms with E-state index in [1.165, 1.54) is 6.92 Å². The molecular formula is C11H20O4. The van der Waals surface area contributed by atoms with Crippen LogP contribution < -0.4 is 0 Å². The van der Waals surface area contributed by atoms with Gasteiger partial charge in [0.05, 0.1) is 0 Å². The largest absolute Gasteiger partial charge is 0.479 e. The summed E-state index contributed by atoms with van der Waals surface area (Å²) < 4.78 is 4.68. The molecule has 0 aromatic carbocycles. The molecule has 0 saturated carbocycles. The van der Waals surface area contributed by atoms with Gasteiger partial charge < -0.3 is 9.84 Å². The van der Waals surface area contributed by atoms with Crippen LogP contribution in [0.2, 0.25) is 0 Å². The first kappa shape index (κ1) is 13.9. The summed E-state index contributed by atoms with van der Waals surface area (Å²) in [6.45, 7) is 5.48. The van der Waals surface area contributed by atoms with E-state index in [0.29, 0.717) is 12.3 Å². The lowest BCUT2D eigenvalue weighted by atomic mass is 10.0. The summed E-state index contributed by atoms with van der Waals surface area (Å²) >= 11 is 0. The Morgan fingerprint density at radius 1 is 1.20 bits per heavy atom. The zero-order valence-corrected chi connectivity index (χ0v) is 9.66. The summed E-state index contributed by atoms with van der Waals surface area (Å²) in [7, 11) is 0. The SMILES string of the molecule is CC(=O)OC(CCCCC(C)C)C(=O)O. The van der Waals surface area contributed by atoms with Gasteiger partial charge in [0.15, 0.2) is 6.10 Å². The lowest BCUT2D eigenvalue weighted by Gasteiger charge is -2.12.